The maximum atomic E-state index is 6.13. The molecule has 1 aliphatic rings. The fourth-order valence-corrected chi connectivity index (χ4v) is 2.98. The molecule has 0 bridgehead atoms. The van der Waals surface area contributed by atoms with Gasteiger partial charge >= 0.3 is 0 Å². The number of hydrogen-bond acceptors (Lipinski definition) is 4. The highest BCUT2D eigenvalue weighted by molar-refractivity contribution is 5.90. The van der Waals surface area contributed by atoms with Gasteiger partial charge in [0.05, 0.1) is 17.3 Å². The van der Waals surface area contributed by atoms with Gasteiger partial charge in [0.25, 0.3) is 0 Å². The Morgan fingerprint density at radius 3 is 3.00 bits per heavy atom. The van der Waals surface area contributed by atoms with Crippen molar-refractivity contribution < 1.29 is 4.74 Å². The summed E-state index contributed by atoms with van der Waals surface area (Å²) in [5.74, 6) is 0. The smallest absolute Gasteiger partial charge is 0.0726 e. The zero-order valence-corrected chi connectivity index (χ0v) is 12.6. The van der Waals surface area contributed by atoms with Crippen LogP contribution >= 0.6 is 0 Å². The average molecular weight is 285 g/mol. The van der Waals surface area contributed by atoms with Gasteiger partial charge in [-0.25, -0.2) is 0 Å². The van der Waals surface area contributed by atoms with Gasteiger partial charge in [-0.2, -0.15) is 0 Å². The maximum Gasteiger partial charge on any atom is 0.0726 e. The van der Waals surface area contributed by atoms with Crippen molar-refractivity contribution in [2.24, 2.45) is 0 Å². The lowest BCUT2D eigenvalue weighted by Crippen LogP contribution is -2.33. The number of nitrogens with two attached hydrogens (primary N) is 1. The van der Waals surface area contributed by atoms with Crippen molar-refractivity contribution in [1.82, 2.24) is 9.88 Å². The number of ether oxygens (including phenoxy) is 1. The summed E-state index contributed by atoms with van der Waals surface area (Å²) in [6.45, 7) is 2.66. The Balaban J connectivity index is 1.69. The molecule has 1 aromatic heterocycles. The highest BCUT2D eigenvalue weighted by atomic mass is 16.5. The number of nitrogens with zero attached hydrogens (tertiary/aromatic N) is 2. The Morgan fingerprint density at radius 2 is 2.19 bits per heavy atom. The van der Waals surface area contributed by atoms with Gasteiger partial charge in [0.2, 0.25) is 0 Å². The Kier molecular flexibility index (Phi) is 4.36. The van der Waals surface area contributed by atoms with Gasteiger partial charge in [-0.15, -0.1) is 0 Å². The molecule has 2 N–H and O–H groups in total. The molecule has 1 saturated heterocycles. The van der Waals surface area contributed by atoms with Gasteiger partial charge in [0.15, 0.2) is 0 Å². The highest BCUT2D eigenvalue weighted by Crippen LogP contribution is 2.21. The third-order valence-electron chi connectivity index (χ3n) is 4.02. The third kappa shape index (κ3) is 3.52. The zero-order chi connectivity index (χ0) is 14.7. The predicted molar refractivity (Wildman–Crippen MR) is 86.1 cm³/mol. The Labute approximate surface area is 125 Å². The SMILES string of the molecule is CN(Cc1cc(N)c2ccccc2n1)CC1CCCCO1. The maximum absolute atomic E-state index is 6.13. The van der Waals surface area contributed by atoms with E-state index in [0.29, 0.717) is 6.10 Å². The van der Waals surface area contributed by atoms with Crippen LogP contribution in [0.1, 0.15) is 25.0 Å². The second-order valence-corrected chi connectivity index (χ2v) is 5.91. The Morgan fingerprint density at radius 1 is 1.33 bits per heavy atom. The first-order valence-electron chi connectivity index (χ1n) is 7.66. The molecule has 2 aromatic rings. The molecule has 112 valence electrons. The van der Waals surface area contributed by atoms with E-state index < -0.39 is 0 Å². The van der Waals surface area contributed by atoms with Gasteiger partial charge in [0, 0.05) is 30.8 Å². The average Bonchev–Trinajstić information content (AvgIpc) is 2.48. The largest absolute Gasteiger partial charge is 0.398 e. The molecule has 21 heavy (non-hydrogen) atoms. The van der Waals surface area contributed by atoms with Crippen LogP contribution in [0, 0.1) is 0 Å². The molecule has 4 nitrogen and oxygen atoms in total. The van der Waals surface area contributed by atoms with Crippen LogP contribution in [0.4, 0.5) is 5.69 Å². The number of para-hydroxylation sites is 1. The van der Waals surface area contributed by atoms with Gasteiger partial charge in [-0.3, -0.25) is 9.88 Å². The second-order valence-electron chi connectivity index (χ2n) is 5.91. The van der Waals surface area contributed by atoms with Gasteiger partial charge in [0.1, 0.15) is 0 Å². The van der Waals surface area contributed by atoms with E-state index in [2.05, 4.69) is 11.9 Å². The van der Waals surface area contributed by atoms with Crippen LogP contribution in [-0.2, 0) is 11.3 Å². The molecule has 4 heteroatoms. The number of pyridine rings is 1. The van der Waals surface area contributed by atoms with Crippen LogP contribution in [-0.4, -0.2) is 36.2 Å². The number of benzene rings is 1. The lowest BCUT2D eigenvalue weighted by atomic mass is 10.1. The van der Waals surface area contributed by atoms with Gasteiger partial charge < -0.3 is 10.5 Å². The molecule has 0 aliphatic carbocycles. The molecule has 1 unspecified atom stereocenters. The Bertz CT molecular complexity index is 608. The molecule has 3 rings (SSSR count). The van der Waals surface area contributed by atoms with Crippen molar-refractivity contribution in [2.45, 2.75) is 31.9 Å². The molecule has 1 aromatic carbocycles. The highest BCUT2D eigenvalue weighted by Gasteiger charge is 2.16. The van der Waals surface area contributed by atoms with E-state index in [4.69, 9.17) is 15.5 Å². The number of fused-ring (bicyclic) bond motifs is 1. The quantitative estimate of drug-likeness (QED) is 0.938. The van der Waals surface area contributed by atoms with Crippen molar-refractivity contribution in [1.29, 1.82) is 0 Å². The molecule has 0 saturated carbocycles. The summed E-state index contributed by atoms with van der Waals surface area (Å²) in [5, 5.41) is 1.03. The molecule has 0 radical (unpaired) electrons. The number of aromatic nitrogens is 1. The number of likely N-dealkylation sites (N-methyl/N-ethyl adjacent to an activating group) is 1. The van der Waals surface area contributed by atoms with Gasteiger partial charge in [-0.1, -0.05) is 18.2 Å². The monoisotopic (exact) mass is 285 g/mol. The second kappa shape index (κ2) is 6.41. The van der Waals surface area contributed by atoms with Crippen molar-refractivity contribution in [2.75, 3.05) is 25.9 Å². The molecule has 2 heterocycles. The standard InChI is InChI=1S/C17H23N3O/c1-20(12-14-6-4-5-9-21-14)11-13-10-16(18)15-7-2-3-8-17(15)19-13/h2-3,7-8,10,14H,4-6,9,11-12H2,1H3,(H2,18,19). The molecule has 1 aliphatic heterocycles. The summed E-state index contributed by atoms with van der Waals surface area (Å²) >= 11 is 0. The minimum Gasteiger partial charge on any atom is -0.398 e. The first-order chi connectivity index (χ1) is 10.2. The fraction of sp³-hybridized carbons (Fsp3) is 0.471. The summed E-state index contributed by atoms with van der Waals surface area (Å²) in [6.07, 6.45) is 4.00. The molecule has 1 fully saturated rings. The molecular weight excluding hydrogens is 262 g/mol. The zero-order valence-electron chi connectivity index (χ0n) is 12.6. The van der Waals surface area contributed by atoms with Crippen molar-refractivity contribution >= 4 is 16.6 Å². The van der Waals surface area contributed by atoms with E-state index in [1.165, 1.54) is 12.8 Å². The van der Waals surface area contributed by atoms with E-state index in [-0.39, 0.29) is 0 Å². The number of rotatable bonds is 4. The number of anilines is 1. The first-order valence-corrected chi connectivity index (χ1v) is 7.66. The summed E-state index contributed by atoms with van der Waals surface area (Å²) in [5.41, 5.74) is 8.92. The van der Waals surface area contributed by atoms with E-state index in [1.54, 1.807) is 0 Å². The van der Waals surface area contributed by atoms with Crippen molar-refractivity contribution in [3.63, 3.8) is 0 Å². The van der Waals surface area contributed by atoms with Crippen LogP contribution < -0.4 is 5.73 Å². The van der Waals surface area contributed by atoms with Crippen LogP contribution in [0.3, 0.4) is 0 Å². The summed E-state index contributed by atoms with van der Waals surface area (Å²) in [7, 11) is 2.12. The minimum absolute atomic E-state index is 0.363. The normalized spacial score (nSPS) is 19.2. The number of hydrogen-bond donors (Lipinski definition) is 1. The molecule has 0 spiro atoms. The fourth-order valence-electron chi connectivity index (χ4n) is 2.98. The first kappa shape index (κ1) is 14.3. The lowest BCUT2D eigenvalue weighted by Gasteiger charge is -2.27. The number of nitrogen functional groups attached to an aromatic ring is 1. The van der Waals surface area contributed by atoms with Crippen LogP contribution in [0.15, 0.2) is 30.3 Å². The summed E-state index contributed by atoms with van der Waals surface area (Å²) in [6, 6.07) is 10.0. The molecular formula is C17H23N3O. The van der Waals surface area contributed by atoms with E-state index in [9.17, 15) is 0 Å². The van der Waals surface area contributed by atoms with Crippen molar-refractivity contribution in [3.8, 4) is 0 Å². The predicted octanol–water partition coefficient (Wildman–Crippen LogP) is 2.82. The molecule has 0 amide bonds. The van der Waals surface area contributed by atoms with Crippen LogP contribution in [0.5, 0.6) is 0 Å². The topological polar surface area (TPSA) is 51.4 Å². The van der Waals surface area contributed by atoms with Gasteiger partial charge in [-0.05, 0) is 38.4 Å². The lowest BCUT2D eigenvalue weighted by molar-refractivity contribution is -0.00273. The Hall–Kier alpha value is -1.65. The van der Waals surface area contributed by atoms with Crippen LogP contribution in [0.2, 0.25) is 0 Å². The van der Waals surface area contributed by atoms with E-state index in [1.807, 2.05) is 30.3 Å². The van der Waals surface area contributed by atoms with Crippen molar-refractivity contribution in [3.05, 3.63) is 36.0 Å². The summed E-state index contributed by atoms with van der Waals surface area (Å²) < 4.78 is 5.79. The van der Waals surface area contributed by atoms with Crippen LogP contribution in [0.25, 0.3) is 10.9 Å². The minimum atomic E-state index is 0.363. The third-order valence-corrected chi connectivity index (χ3v) is 4.02. The molecule has 1 atom stereocenters. The van der Waals surface area contributed by atoms with E-state index in [0.717, 1.165) is 48.4 Å². The van der Waals surface area contributed by atoms with E-state index >= 15 is 0 Å². The summed E-state index contributed by atoms with van der Waals surface area (Å²) in [4.78, 5) is 6.98.